The van der Waals surface area contributed by atoms with Gasteiger partial charge >= 0.3 is 0 Å². The number of methoxy groups -OCH3 is 1. The van der Waals surface area contributed by atoms with Gasteiger partial charge in [-0.2, -0.15) is 0 Å². The Bertz CT molecular complexity index is 670. The summed E-state index contributed by atoms with van der Waals surface area (Å²) >= 11 is 0. The monoisotopic (exact) mass is 294 g/mol. The maximum Gasteiger partial charge on any atom is 0.0718 e. The summed E-state index contributed by atoms with van der Waals surface area (Å²) in [7, 11) is 1.80. The molecule has 0 saturated heterocycles. The predicted molar refractivity (Wildman–Crippen MR) is 93.4 cm³/mol. The highest BCUT2D eigenvalue weighted by Gasteiger charge is 2.22. The SMILES string of the molecule is CCCc1ccc2c(c1)Cc1c-2ccc(CCC)c1COC. The zero-order valence-corrected chi connectivity index (χ0v) is 14.0. The minimum absolute atomic E-state index is 0.730. The Labute approximate surface area is 134 Å². The summed E-state index contributed by atoms with van der Waals surface area (Å²) in [4.78, 5) is 0. The van der Waals surface area contributed by atoms with E-state index in [9.17, 15) is 0 Å². The lowest BCUT2D eigenvalue weighted by molar-refractivity contribution is 0.183. The first-order chi connectivity index (χ1) is 10.8. The lowest BCUT2D eigenvalue weighted by Crippen LogP contribution is -2.01. The van der Waals surface area contributed by atoms with Crippen LogP contribution in [0.25, 0.3) is 11.1 Å². The van der Waals surface area contributed by atoms with Gasteiger partial charge in [0.05, 0.1) is 6.61 Å². The molecule has 2 aromatic rings. The molecule has 0 atom stereocenters. The Morgan fingerprint density at radius 2 is 1.73 bits per heavy atom. The van der Waals surface area contributed by atoms with Gasteiger partial charge in [-0.25, -0.2) is 0 Å². The Balaban J connectivity index is 2.04. The molecule has 0 amide bonds. The Morgan fingerprint density at radius 3 is 2.45 bits per heavy atom. The van der Waals surface area contributed by atoms with Crippen LogP contribution in [0.15, 0.2) is 30.3 Å². The molecule has 0 spiro atoms. The Morgan fingerprint density at radius 1 is 0.955 bits per heavy atom. The number of ether oxygens (including phenoxy) is 1. The van der Waals surface area contributed by atoms with E-state index in [0.717, 1.165) is 19.4 Å². The van der Waals surface area contributed by atoms with Gasteiger partial charge in [0.1, 0.15) is 0 Å². The molecule has 1 aliphatic rings. The van der Waals surface area contributed by atoms with Crippen molar-refractivity contribution in [2.75, 3.05) is 7.11 Å². The van der Waals surface area contributed by atoms with Crippen LogP contribution in [-0.2, 0) is 30.6 Å². The van der Waals surface area contributed by atoms with Gasteiger partial charge in [0, 0.05) is 7.11 Å². The minimum atomic E-state index is 0.730. The van der Waals surface area contributed by atoms with E-state index in [1.807, 2.05) is 0 Å². The fraction of sp³-hybridized carbons (Fsp3) is 0.429. The molecule has 0 saturated carbocycles. The van der Waals surface area contributed by atoms with Crippen LogP contribution in [-0.4, -0.2) is 7.11 Å². The van der Waals surface area contributed by atoms with Crippen LogP contribution in [0, 0.1) is 0 Å². The normalized spacial score (nSPS) is 12.3. The third-order valence-corrected chi connectivity index (χ3v) is 4.70. The zero-order valence-electron chi connectivity index (χ0n) is 14.0. The van der Waals surface area contributed by atoms with Gasteiger partial charge in [-0.05, 0) is 58.2 Å². The molecule has 0 bridgehead atoms. The summed E-state index contributed by atoms with van der Waals surface area (Å²) in [6.45, 7) is 5.22. The molecule has 3 rings (SSSR count). The van der Waals surface area contributed by atoms with Crippen molar-refractivity contribution in [2.24, 2.45) is 0 Å². The molecule has 22 heavy (non-hydrogen) atoms. The van der Waals surface area contributed by atoms with E-state index in [1.165, 1.54) is 58.2 Å². The summed E-state index contributed by atoms with van der Waals surface area (Å²) in [6.07, 6.45) is 5.78. The van der Waals surface area contributed by atoms with Crippen LogP contribution < -0.4 is 0 Å². The lowest BCUT2D eigenvalue weighted by Gasteiger charge is -2.13. The van der Waals surface area contributed by atoms with Crippen molar-refractivity contribution in [1.82, 2.24) is 0 Å². The average Bonchev–Trinajstić information content (AvgIpc) is 2.88. The molecule has 2 aromatic carbocycles. The fourth-order valence-corrected chi connectivity index (χ4v) is 3.71. The maximum absolute atomic E-state index is 5.50. The number of hydrogen-bond acceptors (Lipinski definition) is 1. The molecular weight excluding hydrogens is 268 g/mol. The number of fused-ring (bicyclic) bond motifs is 3. The van der Waals surface area contributed by atoms with Crippen molar-refractivity contribution in [2.45, 2.75) is 52.6 Å². The summed E-state index contributed by atoms with van der Waals surface area (Å²) in [5, 5.41) is 0. The quantitative estimate of drug-likeness (QED) is 0.598. The van der Waals surface area contributed by atoms with E-state index >= 15 is 0 Å². The van der Waals surface area contributed by atoms with Crippen molar-refractivity contribution < 1.29 is 4.74 Å². The first-order valence-corrected chi connectivity index (χ1v) is 8.53. The average molecular weight is 294 g/mol. The van der Waals surface area contributed by atoms with Gasteiger partial charge in [0.15, 0.2) is 0 Å². The fourth-order valence-electron chi connectivity index (χ4n) is 3.71. The molecule has 0 unspecified atom stereocenters. The largest absolute Gasteiger partial charge is 0.380 e. The third kappa shape index (κ3) is 2.70. The highest BCUT2D eigenvalue weighted by atomic mass is 16.5. The summed E-state index contributed by atoms with van der Waals surface area (Å²) in [5.74, 6) is 0. The molecule has 116 valence electrons. The molecule has 0 fully saturated rings. The second kappa shape index (κ2) is 6.66. The molecule has 0 heterocycles. The topological polar surface area (TPSA) is 9.23 Å². The lowest BCUT2D eigenvalue weighted by atomic mass is 9.94. The van der Waals surface area contributed by atoms with Crippen LogP contribution in [0.5, 0.6) is 0 Å². The Hall–Kier alpha value is -1.60. The van der Waals surface area contributed by atoms with E-state index < -0.39 is 0 Å². The van der Waals surface area contributed by atoms with Crippen molar-refractivity contribution >= 4 is 0 Å². The Kier molecular flexibility index (Phi) is 4.63. The van der Waals surface area contributed by atoms with Gasteiger partial charge in [0.2, 0.25) is 0 Å². The molecule has 0 radical (unpaired) electrons. The van der Waals surface area contributed by atoms with E-state index in [4.69, 9.17) is 4.74 Å². The zero-order chi connectivity index (χ0) is 15.5. The number of rotatable bonds is 6. The van der Waals surface area contributed by atoms with Gasteiger partial charge in [-0.3, -0.25) is 0 Å². The van der Waals surface area contributed by atoms with Crippen LogP contribution in [0.1, 0.15) is 54.5 Å². The van der Waals surface area contributed by atoms with Crippen LogP contribution >= 0.6 is 0 Å². The van der Waals surface area contributed by atoms with Crippen molar-refractivity contribution in [3.63, 3.8) is 0 Å². The van der Waals surface area contributed by atoms with Gasteiger partial charge in [-0.1, -0.05) is 57.0 Å². The van der Waals surface area contributed by atoms with Crippen molar-refractivity contribution in [1.29, 1.82) is 0 Å². The first-order valence-electron chi connectivity index (χ1n) is 8.53. The highest BCUT2D eigenvalue weighted by molar-refractivity contribution is 5.78. The van der Waals surface area contributed by atoms with Crippen molar-refractivity contribution in [3.05, 3.63) is 58.1 Å². The van der Waals surface area contributed by atoms with Crippen molar-refractivity contribution in [3.8, 4) is 11.1 Å². The van der Waals surface area contributed by atoms with Gasteiger partial charge < -0.3 is 4.74 Å². The summed E-state index contributed by atoms with van der Waals surface area (Å²) in [6, 6.07) is 11.7. The standard InChI is InChI=1S/C21H26O/c1-4-6-15-8-10-18-17(12-15)13-20-19(18)11-9-16(7-5-2)21(20)14-22-3/h8-12H,4-7,13-14H2,1-3H3. The summed E-state index contributed by atoms with van der Waals surface area (Å²) in [5.41, 5.74) is 10.2. The number of benzene rings is 2. The first kappa shape index (κ1) is 15.3. The molecule has 1 heteroatoms. The van der Waals surface area contributed by atoms with Crippen LogP contribution in [0.4, 0.5) is 0 Å². The molecule has 0 aliphatic heterocycles. The van der Waals surface area contributed by atoms with Gasteiger partial charge in [-0.15, -0.1) is 0 Å². The second-order valence-corrected chi connectivity index (χ2v) is 6.33. The molecule has 0 N–H and O–H groups in total. The molecular formula is C21H26O. The number of aryl methyl sites for hydroxylation is 2. The van der Waals surface area contributed by atoms with Crippen LogP contribution in [0.3, 0.4) is 0 Å². The van der Waals surface area contributed by atoms with E-state index in [2.05, 4.69) is 44.2 Å². The summed E-state index contributed by atoms with van der Waals surface area (Å²) < 4.78 is 5.50. The predicted octanol–water partition coefficient (Wildman–Crippen LogP) is 5.31. The van der Waals surface area contributed by atoms with E-state index in [0.29, 0.717) is 0 Å². The smallest absolute Gasteiger partial charge is 0.0718 e. The van der Waals surface area contributed by atoms with E-state index in [1.54, 1.807) is 7.11 Å². The molecule has 0 aromatic heterocycles. The maximum atomic E-state index is 5.50. The van der Waals surface area contributed by atoms with Crippen LogP contribution in [0.2, 0.25) is 0 Å². The molecule has 1 nitrogen and oxygen atoms in total. The minimum Gasteiger partial charge on any atom is -0.380 e. The number of hydrogen-bond donors (Lipinski definition) is 0. The van der Waals surface area contributed by atoms with Gasteiger partial charge in [0.25, 0.3) is 0 Å². The highest BCUT2D eigenvalue weighted by Crippen LogP contribution is 2.40. The third-order valence-electron chi connectivity index (χ3n) is 4.70. The molecule has 1 aliphatic carbocycles. The van der Waals surface area contributed by atoms with E-state index in [-0.39, 0.29) is 0 Å². The second-order valence-electron chi connectivity index (χ2n) is 6.33.